The molecule has 25 heavy (non-hydrogen) atoms. The molecule has 0 bridgehead atoms. The maximum absolute atomic E-state index is 12.8. The molecule has 1 aromatic carbocycles. The number of carbonyl (C=O) groups excluding carboxylic acids is 1. The maximum atomic E-state index is 12.8. The number of aromatic amines is 1. The minimum atomic E-state index is -0.404. The van der Waals surface area contributed by atoms with Crippen molar-refractivity contribution in [1.82, 2.24) is 15.3 Å². The van der Waals surface area contributed by atoms with Crippen LogP contribution < -0.4 is 10.9 Å². The SMILES string of the molecule is Cc1oc2nc[nH]c(=O)c2c1C(=O)NCCCSc1ccc(F)cc1. The Morgan fingerprint density at radius 2 is 2.12 bits per heavy atom. The standard InChI is InChI=1S/C17H16FN3O3S/c1-10-13(14-16(23)20-9-21-17(14)24-10)15(22)19-7-2-8-25-12-5-3-11(18)4-6-12/h3-6,9H,2,7-8H2,1H3,(H,19,22)(H,20,21,23). The molecule has 130 valence electrons. The predicted octanol–water partition coefficient (Wildman–Crippen LogP) is 2.88. The van der Waals surface area contributed by atoms with E-state index in [0.717, 1.165) is 17.1 Å². The third kappa shape index (κ3) is 3.90. The molecule has 0 aliphatic heterocycles. The summed E-state index contributed by atoms with van der Waals surface area (Å²) in [5.74, 6) is 0.516. The van der Waals surface area contributed by atoms with Crippen molar-refractivity contribution < 1.29 is 13.6 Å². The van der Waals surface area contributed by atoms with Crippen LogP contribution in [-0.2, 0) is 0 Å². The third-order valence-corrected chi connectivity index (χ3v) is 4.68. The van der Waals surface area contributed by atoms with E-state index in [1.807, 2.05) is 0 Å². The van der Waals surface area contributed by atoms with Gasteiger partial charge in [-0.25, -0.2) is 9.37 Å². The second kappa shape index (κ2) is 7.52. The van der Waals surface area contributed by atoms with Gasteiger partial charge in [-0.05, 0) is 43.4 Å². The summed E-state index contributed by atoms with van der Waals surface area (Å²) in [5, 5.41) is 2.95. The van der Waals surface area contributed by atoms with Crippen molar-refractivity contribution in [3.05, 3.63) is 58.1 Å². The molecule has 1 amide bonds. The molecule has 0 radical (unpaired) electrons. The summed E-state index contributed by atoms with van der Waals surface area (Å²) in [5.41, 5.74) is -0.0346. The molecule has 0 aliphatic carbocycles. The van der Waals surface area contributed by atoms with E-state index in [1.165, 1.54) is 18.5 Å². The lowest BCUT2D eigenvalue weighted by Gasteiger charge is -2.05. The zero-order valence-corrected chi connectivity index (χ0v) is 14.3. The number of hydrogen-bond acceptors (Lipinski definition) is 5. The van der Waals surface area contributed by atoms with Gasteiger partial charge in [-0.15, -0.1) is 11.8 Å². The second-order valence-electron chi connectivity index (χ2n) is 5.36. The molecular weight excluding hydrogens is 345 g/mol. The van der Waals surface area contributed by atoms with E-state index < -0.39 is 5.56 Å². The Balaban J connectivity index is 1.56. The average Bonchev–Trinajstić information content (AvgIpc) is 2.93. The Kier molecular flexibility index (Phi) is 5.18. The molecule has 2 N–H and O–H groups in total. The van der Waals surface area contributed by atoms with Crippen LogP contribution in [-0.4, -0.2) is 28.2 Å². The molecule has 2 aromatic heterocycles. The molecule has 0 spiro atoms. The van der Waals surface area contributed by atoms with Crippen molar-refractivity contribution >= 4 is 28.8 Å². The zero-order valence-electron chi connectivity index (χ0n) is 13.5. The van der Waals surface area contributed by atoms with Crippen molar-refractivity contribution in [1.29, 1.82) is 0 Å². The summed E-state index contributed by atoms with van der Waals surface area (Å²) in [6, 6.07) is 6.28. The van der Waals surface area contributed by atoms with Gasteiger partial charge in [0.05, 0.1) is 11.9 Å². The number of benzene rings is 1. The van der Waals surface area contributed by atoms with Crippen LogP contribution in [0.5, 0.6) is 0 Å². The largest absolute Gasteiger partial charge is 0.442 e. The van der Waals surface area contributed by atoms with E-state index in [4.69, 9.17) is 4.42 Å². The van der Waals surface area contributed by atoms with Gasteiger partial charge in [-0.1, -0.05) is 0 Å². The fourth-order valence-electron chi connectivity index (χ4n) is 2.41. The summed E-state index contributed by atoms with van der Waals surface area (Å²) in [6.45, 7) is 2.08. The molecule has 0 atom stereocenters. The number of nitrogens with zero attached hydrogens (tertiary/aromatic N) is 1. The van der Waals surface area contributed by atoms with Crippen molar-refractivity contribution in [3.8, 4) is 0 Å². The summed E-state index contributed by atoms with van der Waals surface area (Å²) in [7, 11) is 0. The highest BCUT2D eigenvalue weighted by Gasteiger charge is 2.21. The van der Waals surface area contributed by atoms with Crippen LogP contribution >= 0.6 is 11.8 Å². The molecule has 3 aromatic rings. The predicted molar refractivity (Wildman–Crippen MR) is 93.4 cm³/mol. The third-order valence-electron chi connectivity index (χ3n) is 3.59. The van der Waals surface area contributed by atoms with E-state index >= 15 is 0 Å². The van der Waals surface area contributed by atoms with Gasteiger partial charge in [0, 0.05) is 11.4 Å². The number of furan rings is 1. The molecule has 0 unspecified atom stereocenters. The molecule has 0 fully saturated rings. The number of aryl methyl sites for hydroxylation is 1. The van der Waals surface area contributed by atoms with Crippen LogP contribution in [0.3, 0.4) is 0 Å². The number of halogens is 1. The Hall–Kier alpha value is -2.61. The molecule has 0 saturated carbocycles. The monoisotopic (exact) mass is 361 g/mol. The number of carbonyl (C=O) groups is 1. The van der Waals surface area contributed by atoms with Crippen LogP contribution in [0.1, 0.15) is 22.5 Å². The van der Waals surface area contributed by atoms with Crippen molar-refractivity contribution in [3.63, 3.8) is 0 Å². The molecule has 2 heterocycles. The van der Waals surface area contributed by atoms with E-state index in [2.05, 4.69) is 15.3 Å². The number of H-pyrrole nitrogens is 1. The Bertz CT molecular complexity index is 950. The van der Waals surface area contributed by atoms with Gasteiger partial charge in [0.25, 0.3) is 11.5 Å². The first kappa shape index (κ1) is 17.2. The number of hydrogen-bond donors (Lipinski definition) is 2. The fraction of sp³-hybridized carbons (Fsp3) is 0.235. The van der Waals surface area contributed by atoms with E-state index in [-0.39, 0.29) is 28.4 Å². The molecule has 3 rings (SSSR count). The average molecular weight is 361 g/mol. The smallest absolute Gasteiger partial charge is 0.262 e. The molecule has 0 aliphatic rings. The number of thioether (sulfide) groups is 1. The van der Waals surface area contributed by atoms with Crippen LogP contribution in [0.4, 0.5) is 4.39 Å². The summed E-state index contributed by atoms with van der Waals surface area (Å²) < 4.78 is 18.2. The minimum Gasteiger partial charge on any atom is -0.442 e. The Morgan fingerprint density at radius 3 is 2.88 bits per heavy atom. The summed E-state index contributed by atoms with van der Waals surface area (Å²) in [6.07, 6.45) is 1.97. The van der Waals surface area contributed by atoms with Gasteiger partial charge in [-0.2, -0.15) is 0 Å². The highest BCUT2D eigenvalue weighted by molar-refractivity contribution is 7.99. The topological polar surface area (TPSA) is 88.0 Å². The second-order valence-corrected chi connectivity index (χ2v) is 6.53. The lowest BCUT2D eigenvalue weighted by Crippen LogP contribution is -2.26. The van der Waals surface area contributed by atoms with E-state index in [9.17, 15) is 14.0 Å². The number of nitrogens with one attached hydrogen (secondary N) is 2. The summed E-state index contributed by atoms with van der Waals surface area (Å²) in [4.78, 5) is 31.6. The van der Waals surface area contributed by atoms with Gasteiger partial charge in [0.1, 0.15) is 17.0 Å². The number of amides is 1. The molecule has 8 heteroatoms. The van der Waals surface area contributed by atoms with E-state index in [1.54, 1.807) is 30.8 Å². The van der Waals surface area contributed by atoms with Crippen LogP contribution in [0.25, 0.3) is 11.1 Å². The molecule has 6 nitrogen and oxygen atoms in total. The fourth-order valence-corrected chi connectivity index (χ4v) is 3.26. The van der Waals surface area contributed by atoms with Crippen molar-refractivity contribution in [2.24, 2.45) is 0 Å². The lowest BCUT2D eigenvalue weighted by molar-refractivity contribution is 0.0953. The normalized spacial score (nSPS) is 11.0. The first-order valence-electron chi connectivity index (χ1n) is 7.69. The lowest BCUT2D eigenvalue weighted by atomic mass is 10.2. The highest BCUT2D eigenvalue weighted by Crippen LogP contribution is 2.21. The number of rotatable bonds is 6. The van der Waals surface area contributed by atoms with Gasteiger partial charge >= 0.3 is 0 Å². The van der Waals surface area contributed by atoms with Crippen molar-refractivity contribution in [2.75, 3.05) is 12.3 Å². The Labute approximate surface area is 146 Å². The Morgan fingerprint density at radius 1 is 1.36 bits per heavy atom. The van der Waals surface area contributed by atoms with Gasteiger partial charge < -0.3 is 14.7 Å². The zero-order chi connectivity index (χ0) is 17.8. The minimum absolute atomic E-state index is 0.151. The highest BCUT2D eigenvalue weighted by atomic mass is 32.2. The van der Waals surface area contributed by atoms with Crippen molar-refractivity contribution in [2.45, 2.75) is 18.2 Å². The van der Waals surface area contributed by atoms with Crippen LogP contribution in [0.2, 0.25) is 0 Å². The van der Waals surface area contributed by atoms with Crippen LogP contribution in [0.15, 0.2) is 44.7 Å². The van der Waals surface area contributed by atoms with Gasteiger partial charge in [0.15, 0.2) is 0 Å². The van der Waals surface area contributed by atoms with Crippen LogP contribution in [0, 0.1) is 12.7 Å². The first-order valence-corrected chi connectivity index (χ1v) is 8.68. The number of aromatic nitrogens is 2. The number of fused-ring (bicyclic) bond motifs is 1. The maximum Gasteiger partial charge on any atom is 0.262 e. The van der Waals surface area contributed by atoms with E-state index in [0.29, 0.717) is 12.3 Å². The molecule has 0 saturated heterocycles. The van der Waals surface area contributed by atoms with Gasteiger partial charge in [-0.3, -0.25) is 9.59 Å². The first-order chi connectivity index (χ1) is 12.1. The quantitative estimate of drug-likeness (QED) is 0.521. The summed E-state index contributed by atoms with van der Waals surface area (Å²) >= 11 is 1.58. The molecular formula is C17H16FN3O3S. The van der Waals surface area contributed by atoms with Gasteiger partial charge in [0.2, 0.25) is 5.71 Å².